The Bertz CT molecular complexity index is 939. The Labute approximate surface area is 164 Å². The van der Waals surface area contributed by atoms with Gasteiger partial charge in [-0.3, -0.25) is 14.4 Å². The van der Waals surface area contributed by atoms with Gasteiger partial charge in [0.05, 0.1) is 11.3 Å². The summed E-state index contributed by atoms with van der Waals surface area (Å²) in [6.45, 7) is 0.418. The van der Waals surface area contributed by atoms with Crippen LogP contribution in [0.4, 0.5) is 5.69 Å². The van der Waals surface area contributed by atoms with Crippen molar-refractivity contribution < 1.29 is 14.4 Å². The van der Waals surface area contributed by atoms with Gasteiger partial charge in [0.1, 0.15) is 11.7 Å². The van der Waals surface area contributed by atoms with Crippen molar-refractivity contribution in [1.29, 1.82) is 0 Å². The quantitative estimate of drug-likeness (QED) is 0.765. The molecule has 27 heavy (non-hydrogen) atoms. The molecule has 0 unspecified atom stereocenters. The van der Waals surface area contributed by atoms with E-state index >= 15 is 0 Å². The minimum Gasteiger partial charge on any atom is -0.348 e. The Balaban J connectivity index is 1.53. The van der Waals surface area contributed by atoms with Crippen LogP contribution in [0.5, 0.6) is 0 Å². The first kappa shape index (κ1) is 17.8. The molecule has 140 valence electrons. The number of rotatable bonds is 2. The number of carbonyl (C=O) groups is 3. The normalized spacial score (nSPS) is 21.8. The molecule has 0 bridgehead atoms. The van der Waals surface area contributed by atoms with Crippen LogP contribution in [0, 0.1) is 0 Å². The number of nitrogens with zero attached hydrogens (tertiary/aromatic N) is 2. The lowest BCUT2D eigenvalue weighted by molar-refractivity contribution is -0.121. The van der Waals surface area contributed by atoms with Gasteiger partial charge in [0.2, 0.25) is 5.91 Å². The highest BCUT2D eigenvalue weighted by Gasteiger charge is 2.40. The minimum atomic E-state index is -0.601. The van der Waals surface area contributed by atoms with Gasteiger partial charge in [-0.2, -0.15) is 0 Å². The van der Waals surface area contributed by atoms with Crippen molar-refractivity contribution in [1.82, 2.24) is 14.8 Å². The van der Waals surface area contributed by atoms with Gasteiger partial charge >= 0.3 is 0 Å². The summed E-state index contributed by atoms with van der Waals surface area (Å²) in [7, 11) is 1.81. The molecule has 4 rings (SSSR count). The molecular formula is C19H19BrN4O3. The van der Waals surface area contributed by atoms with Crippen LogP contribution in [0.3, 0.4) is 0 Å². The smallest absolute Gasteiger partial charge is 0.268 e. The summed E-state index contributed by atoms with van der Waals surface area (Å²) in [4.78, 5) is 39.7. The first-order valence-corrected chi connectivity index (χ1v) is 9.57. The average Bonchev–Trinajstić information content (AvgIpc) is 3.04. The summed E-state index contributed by atoms with van der Waals surface area (Å²) >= 11 is 3.37. The van der Waals surface area contributed by atoms with E-state index in [1.54, 1.807) is 33.7 Å². The highest BCUT2D eigenvalue weighted by Crippen LogP contribution is 2.30. The second kappa shape index (κ2) is 6.84. The molecule has 0 aliphatic carbocycles. The van der Waals surface area contributed by atoms with Crippen molar-refractivity contribution in [3.8, 4) is 0 Å². The van der Waals surface area contributed by atoms with Crippen molar-refractivity contribution in [3.05, 3.63) is 52.3 Å². The number of aryl methyl sites for hydroxylation is 1. The number of amides is 3. The van der Waals surface area contributed by atoms with E-state index in [-0.39, 0.29) is 23.8 Å². The Morgan fingerprint density at radius 1 is 1.30 bits per heavy atom. The first-order valence-electron chi connectivity index (χ1n) is 8.77. The Morgan fingerprint density at radius 2 is 2.11 bits per heavy atom. The van der Waals surface area contributed by atoms with Crippen molar-refractivity contribution in [3.63, 3.8) is 0 Å². The van der Waals surface area contributed by atoms with Gasteiger partial charge < -0.3 is 20.1 Å². The second-order valence-corrected chi connectivity index (χ2v) is 7.81. The largest absolute Gasteiger partial charge is 0.348 e. The van der Waals surface area contributed by atoms with Crippen LogP contribution in [0.1, 0.15) is 33.7 Å². The Kier molecular flexibility index (Phi) is 4.51. The molecular weight excluding hydrogens is 412 g/mol. The van der Waals surface area contributed by atoms with Crippen LogP contribution in [-0.4, -0.2) is 45.8 Å². The van der Waals surface area contributed by atoms with E-state index in [4.69, 9.17) is 0 Å². The molecule has 0 saturated carbocycles. The molecule has 2 N–H and O–H groups in total. The third kappa shape index (κ3) is 3.25. The van der Waals surface area contributed by atoms with E-state index in [9.17, 15) is 14.4 Å². The molecule has 2 aromatic rings. The van der Waals surface area contributed by atoms with E-state index < -0.39 is 6.04 Å². The van der Waals surface area contributed by atoms with E-state index in [1.165, 1.54) is 0 Å². The maximum Gasteiger partial charge on any atom is 0.268 e. The van der Waals surface area contributed by atoms with Crippen molar-refractivity contribution in [2.24, 2.45) is 7.05 Å². The van der Waals surface area contributed by atoms with Crippen LogP contribution in [0.15, 0.2) is 41.0 Å². The molecule has 8 heteroatoms. The lowest BCUT2D eigenvalue weighted by Crippen LogP contribution is -2.55. The van der Waals surface area contributed by atoms with E-state index in [0.717, 1.165) is 4.47 Å². The highest BCUT2D eigenvalue weighted by atomic mass is 79.9. The number of hydrogen-bond acceptors (Lipinski definition) is 3. The summed E-state index contributed by atoms with van der Waals surface area (Å²) in [5.41, 5.74) is 1.56. The van der Waals surface area contributed by atoms with Crippen LogP contribution in [0.25, 0.3) is 0 Å². The summed E-state index contributed by atoms with van der Waals surface area (Å²) in [5.74, 6) is -0.558. The molecule has 2 atom stereocenters. The maximum atomic E-state index is 13.0. The van der Waals surface area contributed by atoms with Crippen LogP contribution < -0.4 is 10.6 Å². The number of piperidine rings is 1. The molecule has 1 aromatic carbocycles. The summed E-state index contributed by atoms with van der Waals surface area (Å²) in [6.07, 6.45) is 2.81. The van der Waals surface area contributed by atoms with Crippen LogP contribution in [-0.2, 0) is 11.8 Å². The predicted molar refractivity (Wildman–Crippen MR) is 103 cm³/mol. The zero-order valence-corrected chi connectivity index (χ0v) is 16.3. The SMILES string of the molecule is Cn1cccc1C(=O)N[C@@H]1CCN2C(=O)c3cc(Br)ccc3NC(=O)[C@@H]2C1. The fraction of sp³-hybridized carbons (Fsp3) is 0.316. The van der Waals surface area contributed by atoms with E-state index in [1.807, 2.05) is 19.3 Å². The Morgan fingerprint density at radius 3 is 2.85 bits per heavy atom. The molecule has 2 aliphatic rings. The van der Waals surface area contributed by atoms with Gasteiger partial charge in [-0.25, -0.2) is 0 Å². The molecule has 7 nitrogen and oxygen atoms in total. The number of aromatic nitrogens is 1. The van der Waals surface area contributed by atoms with Crippen LogP contribution >= 0.6 is 15.9 Å². The van der Waals surface area contributed by atoms with Crippen molar-refractivity contribution >= 4 is 39.3 Å². The lowest BCUT2D eigenvalue weighted by Gasteiger charge is -2.37. The maximum absolute atomic E-state index is 13.0. The molecule has 1 aromatic heterocycles. The molecule has 3 amide bonds. The van der Waals surface area contributed by atoms with E-state index in [0.29, 0.717) is 36.3 Å². The molecule has 1 saturated heterocycles. The monoisotopic (exact) mass is 430 g/mol. The number of halogens is 1. The molecule has 1 fully saturated rings. The second-order valence-electron chi connectivity index (χ2n) is 6.89. The van der Waals surface area contributed by atoms with Gasteiger partial charge in [0, 0.05) is 30.3 Å². The topological polar surface area (TPSA) is 83.4 Å². The van der Waals surface area contributed by atoms with E-state index in [2.05, 4.69) is 26.6 Å². The summed E-state index contributed by atoms with van der Waals surface area (Å²) in [5, 5.41) is 5.85. The van der Waals surface area contributed by atoms with Gasteiger partial charge in [0.25, 0.3) is 11.8 Å². The highest BCUT2D eigenvalue weighted by molar-refractivity contribution is 9.10. The number of carbonyl (C=O) groups excluding carboxylic acids is 3. The zero-order chi connectivity index (χ0) is 19.1. The predicted octanol–water partition coefficient (Wildman–Crippen LogP) is 2.14. The molecule has 0 radical (unpaired) electrons. The zero-order valence-electron chi connectivity index (χ0n) is 14.7. The fourth-order valence-corrected chi connectivity index (χ4v) is 4.08. The third-order valence-electron chi connectivity index (χ3n) is 5.15. The van der Waals surface area contributed by atoms with Crippen molar-refractivity contribution in [2.45, 2.75) is 24.9 Å². The number of nitrogens with one attached hydrogen (secondary N) is 2. The van der Waals surface area contributed by atoms with Gasteiger partial charge in [0.15, 0.2) is 0 Å². The number of hydrogen-bond donors (Lipinski definition) is 2. The Hall–Kier alpha value is -2.61. The summed E-state index contributed by atoms with van der Waals surface area (Å²) in [6, 6.07) is 8.03. The van der Waals surface area contributed by atoms with Gasteiger partial charge in [-0.05, 0) is 43.2 Å². The first-order chi connectivity index (χ1) is 12.9. The van der Waals surface area contributed by atoms with Gasteiger partial charge in [-0.15, -0.1) is 0 Å². The number of fused-ring (bicyclic) bond motifs is 2. The average molecular weight is 431 g/mol. The molecule has 2 aliphatic heterocycles. The molecule has 0 spiro atoms. The third-order valence-corrected chi connectivity index (χ3v) is 5.64. The summed E-state index contributed by atoms with van der Waals surface area (Å²) < 4.78 is 2.54. The van der Waals surface area contributed by atoms with Crippen LogP contribution in [0.2, 0.25) is 0 Å². The van der Waals surface area contributed by atoms with Gasteiger partial charge in [-0.1, -0.05) is 15.9 Å². The molecule has 3 heterocycles. The number of anilines is 1. The van der Waals surface area contributed by atoms with Crippen molar-refractivity contribution in [2.75, 3.05) is 11.9 Å². The number of benzene rings is 1. The fourth-order valence-electron chi connectivity index (χ4n) is 3.72. The lowest BCUT2D eigenvalue weighted by atomic mass is 9.96. The standard InChI is InChI=1S/C19H19BrN4O3/c1-23-7-2-3-15(23)17(25)21-12-6-8-24-16(10-12)18(26)22-14-5-4-11(20)9-13(14)19(24)27/h2-5,7,9,12,16H,6,8,10H2,1H3,(H,21,25)(H,22,26)/t12-,16+/m1/s1. The minimum absolute atomic E-state index is 0.165.